The van der Waals surface area contributed by atoms with Crippen molar-refractivity contribution in [2.75, 3.05) is 7.11 Å². The fraction of sp³-hybridized carbons (Fsp3) is 0.200. The third kappa shape index (κ3) is 3.15. The van der Waals surface area contributed by atoms with Gasteiger partial charge in [-0.05, 0) is 25.1 Å². The molecule has 0 radical (unpaired) electrons. The van der Waals surface area contributed by atoms with Crippen LogP contribution in [0, 0.1) is 0 Å². The van der Waals surface area contributed by atoms with E-state index >= 15 is 0 Å². The van der Waals surface area contributed by atoms with Crippen molar-refractivity contribution in [2.24, 2.45) is 0 Å². The Morgan fingerprint density at radius 3 is 2.96 bits per heavy atom. The minimum Gasteiger partial charge on any atom is -0.468 e. The number of rotatable bonds is 4. The molecule has 124 valence electrons. The fourth-order valence-corrected chi connectivity index (χ4v) is 3.14. The van der Waals surface area contributed by atoms with E-state index in [1.165, 1.54) is 18.0 Å². The van der Waals surface area contributed by atoms with Gasteiger partial charge in [-0.2, -0.15) is 5.10 Å². The van der Waals surface area contributed by atoms with E-state index in [-0.39, 0.29) is 5.56 Å². The molecule has 0 fully saturated rings. The minimum atomic E-state index is -0.502. The van der Waals surface area contributed by atoms with Crippen LogP contribution in [0.15, 0.2) is 40.4 Å². The first-order valence-corrected chi connectivity index (χ1v) is 8.24. The molecule has 24 heavy (non-hydrogen) atoms. The van der Waals surface area contributed by atoms with E-state index in [1.807, 2.05) is 6.07 Å². The van der Waals surface area contributed by atoms with Crippen molar-refractivity contribution in [3.63, 3.8) is 0 Å². The van der Waals surface area contributed by atoms with Crippen LogP contribution in [0.3, 0.4) is 0 Å². The topological polar surface area (TPSA) is 89.9 Å². The number of methoxy groups -OCH3 is 1. The molecule has 9 heteroatoms. The Morgan fingerprint density at radius 2 is 2.25 bits per heavy atom. The first-order chi connectivity index (χ1) is 11.5. The average molecular weight is 365 g/mol. The van der Waals surface area contributed by atoms with Crippen LogP contribution in [-0.4, -0.2) is 38.1 Å². The lowest BCUT2D eigenvalue weighted by Gasteiger charge is -2.08. The van der Waals surface area contributed by atoms with Gasteiger partial charge in [0.05, 0.1) is 19.0 Å². The molecule has 0 unspecified atom stereocenters. The number of carbonyl (C=O) groups is 1. The van der Waals surface area contributed by atoms with Crippen LogP contribution in [0.2, 0.25) is 5.02 Å². The summed E-state index contributed by atoms with van der Waals surface area (Å²) in [6, 6.07) is 7.06. The number of fused-ring (bicyclic) bond motifs is 1. The lowest BCUT2D eigenvalue weighted by molar-refractivity contribution is -0.139. The number of aromatic nitrogens is 4. The third-order valence-electron chi connectivity index (χ3n) is 3.29. The molecular formula is C15H13ClN4O3S. The summed E-state index contributed by atoms with van der Waals surface area (Å²) >= 11 is 7.12. The van der Waals surface area contributed by atoms with Crippen LogP contribution < -0.4 is 5.56 Å². The maximum atomic E-state index is 12.2. The number of benzene rings is 1. The largest absolute Gasteiger partial charge is 0.468 e. The molecule has 3 aromatic rings. The van der Waals surface area contributed by atoms with Crippen molar-refractivity contribution in [1.29, 1.82) is 0 Å². The van der Waals surface area contributed by atoms with Crippen molar-refractivity contribution in [3.05, 3.63) is 45.8 Å². The Bertz CT molecular complexity index is 969. The molecule has 2 aromatic heterocycles. The van der Waals surface area contributed by atoms with Gasteiger partial charge in [-0.15, -0.1) is 0 Å². The van der Waals surface area contributed by atoms with Crippen molar-refractivity contribution in [2.45, 2.75) is 17.3 Å². The summed E-state index contributed by atoms with van der Waals surface area (Å²) in [6.07, 6.45) is 1.44. The van der Waals surface area contributed by atoms with Gasteiger partial charge >= 0.3 is 5.97 Å². The van der Waals surface area contributed by atoms with E-state index < -0.39 is 11.2 Å². The van der Waals surface area contributed by atoms with E-state index in [9.17, 15) is 9.59 Å². The van der Waals surface area contributed by atoms with E-state index in [4.69, 9.17) is 11.6 Å². The molecule has 0 aliphatic heterocycles. The number of H-pyrrole nitrogens is 1. The quantitative estimate of drug-likeness (QED) is 0.434. The van der Waals surface area contributed by atoms with Gasteiger partial charge < -0.3 is 9.72 Å². The van der Waals surface area contributed by atoms with Crippen molar-refractivity contribution in [1.82, 2.24) is 19.7 Å². The molecule has 0 saturated heterocycles. The summed E-state index contributed by atoms with van der Waals surface area (Å²) in [5, 5.41) is 4.93. The molecule has 7 nitrogen and oxygen atoms in total. The second-order valence-corrected chi connectivity index (χ2v) is 6.69. The van der Waals surface area contributed by atoms with Gasteiger partial charge in [-0.25, -0.2) is 9.67 Å². The van der Waals surface area contributed by atoms with Gasteiger partial charge in [0.1, 0.15) is 10.6 Å². The predicted molar refractivity (Wildman–Crippen MR) is 91.8 cm³/mol. The Labute approximate surface area is 146 Å². The smallest absolute Gasteiger partial charge is 0.318 e. The fourth-order valence-electron chi connectivity index (χ4n) is 2.13. The van der Waals surface area contributed by atoms with Gasteiger partial charge in [0.25, 0.3) is 5.56 Å². The molecule has 1 N–H and O–H groups in total. The SMILES string of the molecule is COC(=O)[C@@H](C)Sc1nc2c(cnn2-c2cccc(Cl)c2)c(=O)[nH]1. The second-order valence-electron chi connectivity index (χ2n) is 4.93. The number of carbonyl (C=O) groups excluding carboxylic acids is 1. The van der Waals surface area contributed by atoms with Gasteiger partial charge in [-0.1, -0.05) is 29.4 Å². The molecule has 0 saturated carbocycles. The summed E-state index contributed by atoms with van der Waals surface area (Å²) in [6.45, 7) is 1.68. The lowest BCUT2D eigenvalue weighted by Crippen LogP contribution is -2.17. The minimum absolute atomic E-state index is 0.314. The number of nitrogens with zero attached hydrogens (tertiary/aromatic N) is 3. The molecule has 0 aliphatic carbocycles. The molecule has 0 amide bonds. The van der Waals surface area contributed by atoms with Crippen molar-refractivity contribution < 1.29 is 9.53 Å². The summed E-state index contributed by atoms with van der Waals surface area (Å²) < 4.78 is 6.21. The Morgan fingerprint density at radius 1 is 1.46 bits per heavy atom. The third-order valence-corrected chi connectivity index (χ3v) is 4.49. The highest BCUT2D eigenvalue weighted by Gasteiger charge is 2.18. The Kier molecular flexibility index (Phi) is 4.59. The second kappa shape index (κ2) is 6.66. The van der Waals surface area contributed by atoms with Gasteiger partial charge in [0.15, 0.2) is 10.8 Å². The Hall–Kier alpha value is -2.32. The van der Waals surface area contributed by atoms with Crippen LogP contribution in [0.1, 0.15) is 6.92 Å². The zero-order valence-corrected chi connectivity index (χ0v) is 14.4. The van der Waals surface area contributed by atoms with Gasteiger partial charge in [0, 0.05) is 5.02 Å². The standard InChI is InChI=1S/C15H13ClN4O3S/c1-8(14(22)23-2)24-15-18-12-11(13(21)19-15)7-17-20(12)10-5-3-4-9(16)6-10/h3-8H,1-2H3,(H,18,19,21)/t8-/m1/s1. The number of esters is 1. The molecule has 1 atom stereocenters. The first-order valence-electron chi connectivity index (χ1n) is 6.98. The molecule has 0 spiro atoms. The summed E-state index contributed by atoms with van der Waals surface area (Å²) in [7, 11) is 1.31. The van der Waals surface area contributed by atoms with E-state index in [2.05, 4.69) is 19.8 Å². The number of hydrogen-bond acceptors (Lipinski definition) is 6. The van der Waals surface area contributed by atoms with Crippen LogP contribution in [0.4, 0.5) is 0 Å². The van der Waals surface area contributed by atoms with E-state index in [0.717, 1.165) is 11.8 Å². The molecule has 1 aromatic carbocycles. The molecule has 0 bridgehead atoms. The number of nitrogens with one attached hydrogen (secondary N) is 1. The van der Waals surface area contributed by atoms with Crippen LogP contribution >= 0.6 is 23.4 Å². The van der Waals surface area contributed by atoms with Crippen molar-refractivity contribution >= 4 is 40.4 Å². The zero-order valence-electron chi connectivity index (χ0n) is 12.8. The number of aromatic amines is 1. The van der Waals surface area contributed by atoms with Crippen LogP contribution in [-0.2, 0) is 9.53 Å². The number of halogens is 1. The maximum absolute atomic E-state index is 12.2. The zero-order chi connectivity index (χ0) is 17.3. The summed E-state index contributed by atoms with van der Waals surface area (Å²) in [5.41, 5.74) is 0.751. The van der Waals surface area contributed by atoms with E-state index in [1.54, 1.807) is 25.1 Å². The van der Waals surface area contributed by atoms with E-state index in [0.29, 0.717) is 26.9 Å². The molecule has 0 aliphatic rings. The first kappa shape index (κ1) is 16.5. The predicted octanol–water partition coefficient (Wildman–Crippen LogP) is 2.42. The molecular weight excluding hydrogens is 352 g/mol. The number of hydrogen-bond donors (Lipinski definition) is 1. The Balaban J connectivity index is 2.07. The highest BCUT2D eigenvalue weighted by atomic mass is 35.5. The number of ether oxygens (including phenoxy) is 1. The van der Waals surface area contributed by atoms with Crippen LogP contribution in [0.25, 0.3) is 16.7 Å². The molecule has 3 rings (SSSR count). The monoisotopic (exact) mass is 364 g/mol. The van der Waals surface area contributed by atoms with Gasteiger partial charge in [-0.3, -0.25) is 9.59 Å². The van der Waals surface area contributed by atoms with Crippen LogP contribution in [0.5, 0.6) is 0 Å². The highest BCUT2D eigenvalue weighted by molar-refractivity contribution is 8.00. The normalized spacial score (nSPS) is 12.3. The molecule has 2 heterocycles. The summed E-state index contributed by atoms with van der Waals surface area (Å²) in [5.74, 6) is -0.397. The lowest BCUT2D eigenvalue weighted by atomic mass is 10.3. The highest BCUT2D eigenvalue weighted by Crippen LogP contribution is 2.22. The summed E-state index contributed by atoms with van der Waals surface area (Å²) in [4.78, 5) is 30.8. The maximum Gasteiger partial charge on any atom is 0.318 e. The van der Waals surface area contributed by atoms with Crippen molar-refractivity contribution in [3.8, 4) is 5.69 Å². The van der Waals surface area contributed by atoms with Gasteiger partial charge in [0.2, 0.25) is 0 Å². The number of thioether (sulfide) groups is 1. The average Bonchev–Trinajstić information content (AvgIpc) is 2.98.